The molecule has 8 heteroatoms. The molecule has 0 saturated heterocycles. The van der Waals surface area contributed by atoms with Crippen molar-refractivity contribution >= 4 is 0 Å². The topological polar surface area (TPSA) is 20.2 Å². The van der Waals surface area contributed by atoms with Gasteiger partial charge in [0.15, 0.2) is 5.92 Å². The molecule has 1 rings (SSSR count). The molecule has 1 unspecified atom stereocenters. The Hall–Kier alpha value is -1.31. The van der Waals surface area contributed by atoms with E-state index >= 15 is 0 Å². The molecule has 0 heterocycles. The maximum atomic E-state index is 12.5. The largest absolute Gasteiger partial charge is 0.403 e. The van der Waals surface area contributed by atoms with E-state index in [1.807, 2.05) is 0 Å². The minimum atomic E-state index is -5.65. The average Bonchev–Trinajstić information content (AvgIpc) is 2.13. The molecule has 1 aromatic rings. The van der Waals surface area contributed by atoms with Crippen molar-refractivity contribution in [3.63, 3.8) is 0 Å². The average molecular weight is 276 g/mol. The quantitative estimate of drug-likeness (QED) is 0.818. The van der Waals surface area contributed by atoms with Crippen LogP contribution >= 0.6 is 0 Å². The third kappa shape index (κ3) is 3.34. The Labute approximate surface area is 96.8 Å². The second-order valence-corrected chi connectivity index (χ2v) is 3.56. The van der Waals surface area contributed by atoms with Crippen LogP contribution in [-0.4, -0.2) is 17.5 Å². The Balaban J connectivity index is 3.11. The van der Waals surface area contributed by atoms with E-state index in [0.717, 1.165) is 0 Å². The van der Waals surface area contributed by atoms with Crippen molar-refractivity contribution in [2.24, 2.45) is 5.92 Å². The van der Waals surface area contributed by atoms with Gasteiger partial charge in [-0.25, -0.2) is 4.39 Å². The lowest BCUT2D eigenvalue weighted by Crippen LogP contribution is -2.40. The molecule has 0 amide bonds. The van der Waals surface area contributed by atoms with Gasteiger partial charge in [0.1, 0.15) is 5.82 Å². The van der Waals surface area contributed by atoms with Crippen LogP contribution in [0.2, 0.25) is 0 Å². The lowest BCUT2D eigenvalue weighted by molar-refractivity contribution is -0.307. The van der Waals surface area contributed by atoms with Crippen molar-refractivity contribution in [3.05, 3.63) is 35.6 Å². The summed E-state index contributed by atoms with van der Waals surface area (Å²) in [5.74, 6) is -4.74. The van der Waals surface area contributed by atoms with Crippen LogP contribution in [0.25, 0.3) is 0 Å². The van der Waals surface area contributed by atoms with Crippen LogP contribution in [0.1, 0.15) is 11.7 Å². The first kappa shape index (κ1) is 14.7. The molecule has 102 valence electrons. The molecule has 18 heavy (non-hydrogen) atoms. The summed E-state index contributed by atoms with van der Waals surface area (Å²) in [5, 5.41) is 9.18. The van der Waals surface area contributed by atoms with Gasteiger partial charge in [-0.05, 0) is 17.7 Å². The summed E-state index contributed by atoms with van der Waals surface area (Å²) in [4.78, 5) is 0. The second-order valence-electron chi connectivity index (χ2n) is 3.56. The van der Waals surface area contributed by atoms with Crippen LogP contribution in [0.5, 0.6) is 0 Å². The summed E-state index contributed by atoms with van der Waals surface area (Å²) in [5.41, 5.74) is -0.656. The fourth-order valence-electron chi connectivity index (χ4n) is 1.40. The number of rotatable bonds is 2. The normalized spacial score (nSPS) is 14.9. The van der Waals surface area contributed by atoms with E-state index in [9.17, 15) is 35.8 Å². The van der Waals surface area contributed by atoms with Gasteiger partial charge in [0.05, 0.1) is 6.10 Å². The highest BCUT2D eigenvalue weighted by molar-refractivity contribution is 5.20. The molecule has 1 aromatic carbocycles. The molecule has 0 aliphatic rings. The van der Waals surface area contributed by atoms with Crippen LogP contribution in [0.4, 0.5) is 30.7 Å². The van der Waals surface area contributed by atoms with E-state index in [0.29, 0.717) is 24.3 Å². The highest BCUT2D eigenvalue weighted by Gasteiger charge is 2.60. The van der Waals surface area contributed by atoms with Crippen LogP contribution in [0.3, 0.4) is 0 Å². The fourth-order valence-corrected chi connectivity index (χ4v) is 1.40. The van der Waals surface area contributed by atoms with Crippen molar-refractivity contribution in [3.8, 4) is 0 Å². The van der Waals surface area contributed by atoms with Crippen LogP contribution in [-0.2, 0) is 0 Å². The van der Waals surface area contributed by atoms with Crippen molar-refractivity contribution in [1.29, 1.82) is 0 Å². The lowest BCUT2D eigenvalue weighted by atomic mass is 9.94. The summed E-state index contributed by atoms with van der Waals surface area (Å²) in [6, 6.07) is 2.68. The van der Waals surface area contributed by atoms with Crippen molar-refractivity contribution in [2.75, 3.05) is 0 Å². The van der Waals surface area contributed by atoms with Gasteiger partial charge in [-0.3, -0.25) is 0 Å². The first-order valence-corrected chi connectivity index (χ1v) is 4.60. The number of hydrogen-bond donors (Lipinski definition) is 1. The molecule has 0 radical (unpaired) electrons. The smallest absolute Gasteiger partial charge is 0.387 e. The SMILES string of the molecule is OC(c1ccc(F)cc1)C(C(F)(F)F)C(F)(F)F. The van der Waals surface area contributed by atoms with E-state index < -0.39 is 35.8 Å². The molecule has 0 aliphatic heterocycles. The predicted molar refractivity (Wildman–Crippen MR) is 47.0 cm³/mol. The maximum absolute atomic E-state index is 12.5. The number of alkyl halides is 6. The predicted octanol–water partition coefficient (Wildman–Crippen LogP) is 3.60. The number of aliphatic hydroxyl groups is 1. The molecule has 1 nitrogen and oxygen atoms in total. The molecule has 0 saturated carbocycles. The maximum Gasteiger partial charge on any atom is 0.403 e. The number of benzene rings is 1. The standard InChI is InChI=1S/C10H7F7O/c11-6-3-1-5(2-4-6)7(18)8(9(12,13)14)10(15,16)17/h1-4,7-8,18H. The second kappa shape index (κ2) is 4.75. The van der Waals surface area contributed by atoms with Gasteiger partial charge >= 0.3 is 12.4 Å². The molecule has 0 bridgehead atoms. The summed E-state index contributed by atoms with van der Waals surface area (Å²) in [6.45, 7) is 0. The van der Waals surface area contributed by atoms with Crippen LogP contribution < -0.4 is 0 Å². The molecule has 0 spiro atoms. The highest BCUT2D eigenvalue weighted by atomic mass is 19.4. The van der Waals surface area contributed by atoms with Crippen LogP contribution in [0, 0.1) is 11.7 Å². The Kier molecular flexibility index (Phi) is 3.89. The zero-order valence-electron chi connectivity index (χ0n) is 8.56. The first-order chi connectivity index (χ1) is 8.03. The lowest BCUT2D eigenvalue weighted by Gasteiger charge is -2.27. The number of aliphatic hydroxyl groups excluding tert-OH is 1. The van der Waals surface area contributed by atoms with Gasteiger partial charge in [0, 0.05) is 0 Å². The van der Waals surface area contributed by atoms with Crippen molar-refractivity contribution < 1.29 is 35.8 Å². The van der Waals surface area contributed by atoms with E-state index in [1.54, 1.807) is 0 Å². The molecular formula is C10H7F7O. The van der Waals surface area contributed by atoms with Gasteiger partial charge < -0.3 is 5.11 Å². The Morgan fingerprint density at radius 2 is 1.22 bits per heavy atom. The van der Waals surface area contributed by atoms with Gasteiger partial charge in [-0.1, -0.05) is 12.1 Å². The van der Waals surface area contributed by atoms with Gasteiger partial charge in [-0.2, -0.15) is 26.3 Å². The summed E-state index contributed by atoms with van der Waals surface area (Å²) in [6.07, 6.45) is -14.1. The molecule has 0 fully saturated rings. The summed E-state index contributed by atoms with van der Waals surface area (Å²) < 4.78 is 86.2. The number of halogens is 7. The zero-order chi connectivity index (χ0) is 14.1. The highest BCUT2D eigenvalue weighted by Crippen LogP contribution is 2.46. The fraction of sp³-hybridized carbons (Fsp3) is 0.400. The van der Waals surface area contributed by atoms with E-state index in [2.05, 4.69) is 0 Å². The Bertz CT molecular complexity index is 378. The van der Waals surface area contributed by atoms with E-state index in [4.69, 9.17) is 0 Å². The van der Waals surface area contributed by atoms with Crippen molar-refractivity contribution in [2.45, 2.75) is 18.5 Å². The van der Waals surface area contributed by atoms with Gasteiger partial charge in [0.25, 0.3) is 0 Å². The Morgan fingerprint density at radius 1 is 0.833 bits per heavy atom. The minimum absolute atomic E-state index is 0.656. The molecule has 0 aliphatic carbocycles. The molecular weight excluding hydrogens is 269 g/mol. The van der Waals surface area contributed by atoms with Crippen LogP contribution in [0.15, 0.2) is 24.3 Å². The monoisotopic (exact) mass is 276 g/mol. The third-order valence-corrected chi connectivity index (χ3v) is 2.23. The Morgan fingerprint density at radius 3 is 1.56 bits per heavy atom. The first-order valence-electron chi connectivity index (χ1n) is 4.60. The third-order valence-electron chi connectivity index (χ3n) is 2.23. The molecule has 1 N–H and O–H groups in total. The van der Waals surface area contributed by atoms with Gasteiger partial charge in [-0.15, -0.1) is 0 Å². The van der Waals surface area contributed by atoms with Gasteiger partial charge in [0.2, 0.25) is 0 Å². The molecule has 0 aromatic heterocycles. The van der Waals surface area contributed by atoms with Crippen molar-refractivity contribution in [1.82, 2.24) is 0 Å². The summed E-state index contributed by atoms with van der Waals surface area (Å²) >= 11 is 0. The zero-order valence-corrected chi connectivity index (χ0v) is 8.56. The summed E-state index contributed by atoms with van der Waals surface area (Å²) in [7, 11) is 0. The van der Waals surface area contributed by atoms with E-state index in [1.165, 1.54) is 0 Å². The minimum Gasteiger partial charge on any atom is -0.387 e. The molecule has 1 atom stereocenters. The number of hydrogen-bond acceptors (Lipinski definition) is 1. The van der Waals surface area contributed by atoms with E-state index in [-0.39, 0.29) is 0 Å².